The molecule has 2 heterocycles. The molecule has 1 aliphatic rings. The minimum atomic E-state index is 0.328. The number of hydrogen-bond donors (Lipinski definition) is 1. The number of nitrogens with zero attached hydrogens (tertiary/aromatic N) is 2. The van der Waals surface area contributed by atoms with Gasteiger partial charge in [-0.1, -0.05) is 30.3 Å². The van der Waals surface area contributed by atoms with Crippen molar-refractivity contribution >= 4 is 0 Å². The second-order valence-electron chi connectivity index (χ2n) is 5.28. The zero-order valence-electron chi connectivity index (χ0n) is 11.8. The Bertz CT molecular complexity index is 582. The molecule has 1 saturated heterocycles. The van der Waals surface area contributed by atoms with E-state index >= 15 is 0 Å². The highest BCUT2D eigenvalue weighted by Gasteiger charge is 2.29. The molecular weight excluding hydrogens is 254 g/mol. The largest absolute Gasteiger partial charge is 0.496 e. The van der Waals surface area contributed by atoms with Crippen LogP contribution in [0.3, 0.4) is 0 Å². The molecule has 0 aliphatic carbocycles. The third-order valence-electron chi connectivity index (χ3n) is 3.86. The number of hydrogen-bond acceptors (Lipinski definition) is 5. The smallest absolute Gasteiger partial charge is 0.231 e. The normalized spacial score (nSPS) is 22.1. The van der Waals surface area contributed by atoms with Crippen molar-refractivity contribution in [2.24, 2.45) is 5.92 Å². The van der Waals surface area contributed by atoms with Gasteiger partial charge < -0.3 is 14.6 Å². The molecule has 5 nitrogen and oxygen atoms in total. The number of methoxy groups -OCH3 is 1. The van der Waals surface area contributed by atoms with Crippen LogP contribution in [-0.2, 0) is 6.42 Å². The molecule has 1 fully saturated rings. The lowest BCUT2D eigenvalue weighted by Crippen LogP contribution is -2.08. The SMILES string of the molecule is COc1ccccc1Cc1noc([C@@H]2CNC[C@H]2C)n1. The van der Waals surface area contributed by atoms with Crippen LogP contribution in [-0.4, -0.2) is 30.3 Å². The molecule has 0 bridgehead atoms. The van der Waals surface area contributed by atoms with Crippen LogP contribution in [0.25, 0.3) is 0 Å². The summed E-state index contributed by atoms with van der Waals surface area (Å²) >= 11 is 0. The zero-order chi connectivity index (χ0) is 13.9. The Morgan fingerprint density at radius 3 is 2.95 bits per heavy atom. The Balaban J connectivity index is 1.77. The van der Waals surface area contributed by atoms with E-state index in [2.05, 4.69) is 22.4 Å². The van der Waals surface area contributed by atoms with Crippen LogP contribution in [0.2, 0.25) is 0 Å². The molecule has 0 spiro atoms. The summed E-state index contributed by atoms with van der Waals surface area (Å²) in [6, 6.07) is 7.91. The molecule has 3 rings (SSSR count). The molecule has 1 N–H and O–H groups in total. The minimum Gasteiger partial charge on any atom is -0.496 e. The molecule has 0 unspecified atom stereocenters. The fourth-order valence-corrected chi connectivity index (χ4v) is 2.65. The maximum absolute atomic E-state index is 5.42. The Morgan fingerprint density at radius 1 is 1.35 bits per heavy atom. The lowest BCUT2D eigenvalue weighted by molar-refractivity contribution is 0.337. The third kappa shape index (κ3) is 2.54. The minimum absolute atomic E-state index is 0.328. The molecule has 1 aromatic carbocycles. The summed E-state index contributed by atoms with van der Waals surface area (Å²) in [6.45, 7) is 4.13. The lowest BCUT2D eigenvalue weighted by Gasteiger charge is -2.07. The van der Waals surface area contributed by atoms with Gasteiger partial charge in [0, 0.05) is 18.5 Å². The second-order valence-corrected chi connectivity index (χ2v) is 5.28. The summed E-state index contributed by atoms with van der Waals surface area (Å²) < 4.78 is 10.8. The molecule has 0 amide bonds. The molecule has 1 aromatic heterocycles. The molecule has 0 radical (unpaired) electrons. The highest BCUT2D eigenvalue weighted by Crippen LogP contribution is 2.27. The second kappa shape index (κ2) is 5.63. The summed E-state index contributed by atoms with van der Waals surface area (Å²) in [5.74, 6) is 3.18. The molecule has 106 valence electrons. The monoisotopic (exact) mass is 273 g/mol. The Hall–Kier alpha value is -1.88. The van der Waals surface area contributed by atoms with E-state index < -0.39 is 0 Å². The number of nitrogens with one attached hydrogen (secondary N) is 1. The van der Waals surface area contributed by atoms with E-state index in [9.17, 15) is 0 Å². The summed E-state index contributed by atoms with van der Waals surface area (Å²) in [5, 5.41) is 7.45. The van der Waals surface area contributed by atoms with Gasteiger partial charge in [0.1, 0.15) is 5.75 Å². The van der Waals surface area contributed by atoms with Crippen LogP contribution in [0.5, 0.6) is 5.75 Å². The molecule has 0 saturated carbocycles. The Kier molecular flexibility index (Phi) is 3.69. The van der Waals surface area contributed by atoms with Crippen molar-refractivity contribution in [2.45, 2.75) is 19.3 Å². The Morgan fingerprint density at radius 2 is 2.20 bits per heavy atom. The van der Waals surface area contributed by atoms with Gasteiger partial charge in [-0.15, -0.1) is 0 Å². The number of benzene rings is 1. The summed E-state index contributed by atoms with van der Waals surface area (Å²) in [5.41, 5.74) is 1.07. The van der Waals surface area contributed by atoms with E-state index in [4.69, 9.17) is 9.26 Å². The van der Waals surface area contributed by atoms with Gasteiger partial charge in [0.05, 0.1) is 13.0 Å². The van der Waals surface area contributed by atoms with Crippen LogP contribution < -0.4 is 10.1 Å². The molecule has 1 aliphatic heterocycles. The van der Waals surface area contributed by atoms with Crippen molar-refractivity contribution in [3.63, 3.8) is 0 Å². The van der Waals surface area contributed by atoms with Crippen molar-refractivity contribution in [3.05, 3.63) is 41.5 Å². The van der Waals surface area contributed by atoms with Gasteiger partial charge >= 0.3 is 0 Å². The van der Waals surface area contributed by atoms with Gasteiger partial charge in [-0.25, -0.2) is 0 Å². The van der Waals surface area contributed by atoms with Crippen LogP contribution in [0, 0.1) is 5.92 Å². The quantitative estimate of drug-likeness (QED) is 0.923. The fourth-order valence-electron chi connectivity index (χ4n) is 2.65. The summed E-state index contributed by atoms with van der Waals surface area (Å²) in [4.78, 5) is 4.54. The Labute approximate surface area is 118 Å². The van der Waals surface area contributed by atoms with Crippen molar-refractivity contribution < 1.29 is 9.26 Å². The van der Waals surface area contributed by atoms with Crippen molar-refractivity contribution in [3.8, 4) is 5.75 Å². The van der Waals surface area contributed by atoms with E-state index in [-0.39, 0.29) is 0 Å². The average Bonchev–Trinajstić information content (AvgIpc) is 3.08. The molecule has 5 heteroatoms. The van der Waals surface area contributed by atoms with Gasteiger partial charge in [-0.05, 0) is 18.5 Å². The topological polar surface area (TPSA) is 60.2 Å². The van der Waals surface area contributed by atoms with Crippen LogP contribution >= 0.6 is 0 Å². The standard InChI is InChI=1S/C15H19N3O2/c1-10-8-16-9-12(10)15-17-14(18-20-15)7-11-5-3-4-6-13(11)19-2/h3-6,10,12,16H,7-9H2,1-2H3/t10-,12-/m1/s1. The zero-order valence-corrected chi connectivity index (χ0v) is 11.8. The van der Waals surface area contributed by atoms with Gasteiger partial charge in [0.25, 0.3) is 0 Å². The van der Waals surface area contributed by atoms with Gasteiger partial charge in [-0.3, -0.25) is 0 Å². The number of rotatable bonds is 4. The number of para-hydroxylation sites is 1. The number of ether oxygens (including phenoxy) is 1. The van der Waals surface area contributed by atoms with Crippen LogP contribution in [0.4, 0.5) is 0 Å². The van der Waals surface area contributed by atoms with E-state index in [1.165, 1.54) is 0 Å². The first-order valence-corrected chi connectivity index (χ1v) is 6.93. The third-order valence-corrected chi connectivity index (χ3v) is 3.86. The van der Waals surface area contributed by atoms with E-state index in [0.717, 1.165) is 30.3 Å². The van der Waals surface area contributed by atoms with E-state index in [1.807, 2.05) is 24.3 Å². The van der Waals surface area contributed by atoms with Crippen molar-refractivity contribution in [1.29, 1.82) is 0 Å². The highest BCUT2D eigenvalue weighted by atomic mass is 16.5. The van der Waals surface area contributed by atoms with Crippen molar-refractivity contribution in [2.75, 3.05) is 20.2 Å². The van der Waals surface area contributed by atoms with Crippen LogP contribution in [0.15, 0.2) is 28.8 Å². The fraction of sp³-hybridized carbons (Fsp3) is 0.467. The van der Waals surface area contributed by atoms with Gasteiger partial charge in [0.2, 0.25) is 5.89 Å². The highest BCUT2D eigenvalue weighted by molar-refractivity contribution is 5.35. The van der Waals surface area contributed by atoms with Gasteiger partial charge in [-0.2, -0.15) is 4.98 Å². The molecular formula is C15H19N3O2. The van der Waals surface area contributed by atoms with E-state index in [0.29, 0.717) is 24.1 Å². The molecule has 2 aromatic rings. The predicted molar refractivity (Wildman–Crippen MR) is 74.9 cm³/mol. The predicted octanol–water partition coefficient (Wildman–Crippen LogP) is 1.99. The first-order valence-electron chi connectivity index (χ1n) is 6.93. The lowest BCUT2D eigenvalue weighted by atomic mass is 9.98. The average molecular weight is 273 g/mol. The molecule has 20 heavy (non-hydrogen) atoms. The van der Waals surface area contributed by atoms with Crippen LogP contribution in [0.1, 0.15) is 30.1 Å². The maximum atomic E-state index is 5.42. The maximum Gasteiger partial charge on any atom is 0.231 e. The van der Waals surface area contributed by atoms with E-state index in [1.54, 1.807) is 7.11 Å². The number of aromatic nitrogens is 2. The van der Waals surface area contributed by atoms with Gasteiger partial charge in [0.15, 0.2) is 5.82 Å². The molecule has 2 atom stereocenters. The first-order chi connectivity index (χ1) is 9.78. The summed E-state index contributed by atoms with van der Waals surface area (Å²) in [7, 11) is 1.67. The summed E-state index contributed by atoms with van der Waals surface area (Å²) in [6.07, 6.45) is 0.627. The first kappa shape index (κ1) is 13.1. The van der Waals surface area contributed by atoms with Crippen molar-refractivity contribution in [1.82, 2.24) is 15.5 Å².